The maximum atomic E-state index is 13.2. The maximum absolute atomic E-state index is 13.2. The molecule has 0 aliphatic carbocycles. The largest absolute Gasteiger partial charge is 0.383 e. The number of benzene rings is 1. The highest BCUT2D eigenvalue weighted by molar-refractivity contribution is 14.0. The normalized spacial score (nSPS) is 14.2. The fourth-order valence-electron chi connectivity index (χ4n) is 2.67. The molecule has 0 saturated heterocycles. The van der Waals surface area contributed by atoms with Gasteiger partial charge in [-0.15, -0.1) is 24.0 Å². The number of hydrogen-bond donors (Lipinski definition) is 3. The lowest BCUT2D eigenvalue weighted by Gasteiger charge is -2.26. The third-order valence-corrected chi connectivity index (χ3v) is 4.53. The number of halogens is 2. The number of hydrogen-bond acceptors (Lipinski definition) is 3. The maximum Gasteiger partial charge on any atom is 0.191 e. The van der Waals surface area contributed by atoms with Crippen molar-refractivity contribution in [2.24, 2.45) is 12.0 Å². The van der Waals surface area contributed by atoms with Gasteiger partial charge in [-0.1, -0.05) is 26.0 Å². The molecule has 1 unspecified atom stereocenters. The van der Waals surface area contributed by atoms with Crippen molar-refractivity contribution < 1.29 is 9.50 Å². The Balaban J connectivity index is 0.00000392. The van der Waals surface area contributed by atoms with Gasteiger partial charge in [0.05, 0.1) is 19.3 Å². The second kappa shape index (κ2) is 10.2. The molecule has 0 aliphatic rings. The predicted octanol–water partition coefficient (Wildman–Crippen LogP) is 2.92. The molecular weight excluding hydrogens is 472 g/mol. The molecule has 8 heteroatoms. The van der Waals surface area contributed by atoms with Crippen molar-refractivity contribution in [2.45, 2.75) is 38.7 Å². The van der Waals surface area contributed by atoms with Crippen LogP contribution in [0.5, 0.6) is 0 Å². The zero-order chi connectivity index (χ0) is 20.1. The van der Waals surface area contributed by atoms with Gasteiger partial charge in [0.1, 0.15) is 11.4 Å². The van der Waals surface area contributed by atoms with Crippen LogP contribution in [0.3, 0.4) is 0 Å². The lowest BCUT2D eigenvalue weighted by atomic mass is 9.85. The van der Waals surface area contributed by atoms with E-state index in [1.54, 1.807) is 36.1 Å². The Labute approximate surface area is 183 Å². The Morgan fingerprint density at radius 1 is 1.18 bits per heavy atom. The molecule has 0 bridgehead atoms. The molecule has 2 rings (SSSR count). The fraction of sp³-hybridized carbons (Fsp3) is 0.500. The van der Waals surface area contributed by atoms with Gasteiger partial charge in [-0.3, -0.25) is 9.67 Å². The first-order valence-electron chi connectivity index (χ1n) is 9.14. The predicted molar refractivity (Wildman–Crippen MR) is 122 cm³/mol. The minimum Gasteiger partial charge on any atom is -0.383 e. The van der Waals surface area contributed by atoms with Crippen molar-refractivity contribution in [2.75, 3.05) is 19.6 Å². The second-order valence-electron chi connectivity index (χ2n) is 7.62. The summed E-state index contributed by atoms with van der Waals surface area (Å²) in [6, 6.07) is 6.52. The molecule has 0 radical (unpaired) electrons. The highest BCUT2D eigenvalue weighted by Gasteiger charge is 2.25. The van der Waals surface area contributed by atoms with Crippen molar-refractivity contribution in [3.63, 3.8) is 0 Å². The van der Waals surface area contributed by atoms with Crippen LogP contribution in [-0.4, -0.2) is 40.5 Å². The molecule has 156 valence electrons. The molecule has 1 atom stereocenters. The first kappa shape index (κ1) is 24.4. The van der Waals surface area contributed by atoms with Crippen LogP contribution >= 0.6 is 24.0 Å². The molecular formula is C20H31FIN5O. The van der Waals surface area contributed by atoms with E-state index in [0.29, 0.717) is 25.6 Å². The molecule has 28 heavy (non-hydrogen) atoms. The summed E-state index contributed by atoms with van der Waals surface area (Å²) in [7, 11) is 1.82. The van der Waals surface area contributed by atoms with E-state index in [4.69, 9.17) is 0 Å². The molecule has 0 amide bonds. The van der Waals surface area contributed by atoms with Crippen LogP contribution in [0.25, 0.3) is 0 Å². The van der Waals surface area contributed by atoms with E-state index in [1.165, 1.54) is 12.1 Å². The standard InChI is InChI=1S/C20H30FN5O.HI/c1-6-22-18(24-14-20(4,27)16-11-25-26(5)12-16)23-13-19(2,3)15-7-9-17(21)10-8-15;/h7-12,27H,6,13-14H2,1-5H3,(H2,22,23,24);1H. The minimum absolute atomic E-state index is 0. The van der Waals surface area contributed by atoms with Crippen LogP contribution in [0.15, 0.2) is 41.7 Å². The van der Waals surface area contributed by atoms with Crippen LogP contribution < -0.4 is 10.6 Å². The van der Waals surface area contributed by atoms with Crippen molar-refractivity contribution in [1.29, 1.82) is 0 Å². The van der Waals surface area contributed by atoms with Crippen LogP contribution in [-0.2, 0) is 18.1 Å². The molecule has 2 aromatic rings. The summed E-state index contributed by atoms with van der Waals surface area (Å²) >= 11 is 0. The van der Waals surface area contributed by atoms with E-state index < -0.39 is 5.60 Å². The third-order valence-electron chi connectivity index (χ3n) is 4.53. The van der Waals surface area contributed by atoms with E-state index in [1.807, 2.05) is 14.0 Å². The van der Waals surface area contributed by atoms with E-state index in [0.717, 1.165) is 11.1 Å². The van der Waals surface area contributed by atoms with Gasteiger partial charge in [0.2, 0.25) is 0 Å². The quantitative estimate of drug-likeness (QED) is 0.309. The fourth-order valence-corrected chi connectivity index (χ4v) is 2.67. The molecule has 0 spiro atoms. The molecule has 3 N–H and O–H groups in total. The van der Waals surface area contributed by atoms with Gasteiger partial charge in [-0.2, -0.15) is 5.10 Å². The Morgan fingerprint density at radius 2 is 1.82 bits per heavy atom. The molecule has 6 nitrogen and oxygen atoms in total. The SMILES string of the molecule is CCNC(=NCC(C)(C)c1ccc(F)cc1)NCC(C)(O)c1cnn(C)c1.I. The van der Waals surface area contributed by atoms with E-state index in [2.05, 4.69) is 34.6 Å². The summed E-state index contributed by atoms with van der Waals surface area (Å²) in [6.45, 7) is 9.38. The Kier molecular flexibility index (Phi) is 8.87. The van der Waals surface area contributed by atoms with Crippen LogP contribution in [0.1, 0.15) is 38.8 Å². The molecule has 0 fully saturated rings. The number of rotatable bonds is 7. The van der Waals surface area contributed by atoms with Crippen LogP contribution in [0.2, 0.25) is 0 Å². The van der Waals surface area contributed by atoms with Gasteiger partial charge in [-0.25, -0.2) is 4.39 Å². The van der Waals surface area contributed by atoms with E-state index >= 15 is 0 Å². The van der Waals surface area contributed by atoms with E-state index in [9.17, 15) is 9.50 Å². The van der Waals surface area contributed by atoms with Gasteiger partial charge < -0.3 is 15.7 Å². The third kappa shape index (κ3) is 6.73. The average Bonchev–Trinajstić information content (AvgIpc) is 3.05. The molecule has 1 heterocycles. The monoisotopic (exact) mass is 503 g/mol. The van der Waals surface area contributed by atoms with Crippen LogP contribution in [0.4, 0.5) is 4.39 Å². The summed E-state index contributed by atoms with van der Waals surface area (Å²) in [5.41, 5.74) is 0.435. The number of nitrogens with zero attached hydrogens (tertiary/aromatic N) is 3. The van der Waals surface area contributed by atoms with Crippen molar-refractivity contribution in [3.05, 3.63) is 53.6 Å². The molecule has 0 aliphatic heterocycles. The zero-order valence-corrected chi connectivity index (χ0v) is 19.5. The topological polar surface area (TPSA) is 74.5 Å². The molecule has 1 aromatic heterocycles. The lowest BCUT2D eigenvalue weighted by Crippen LogP contribution is -2.45. The van der Waals surface area contributed by atoms with Crippen LogP contribution in [0, 0.1) is 5.82 Å². The van der Waals surface area contributed by atoms with Crippen molar-refractivity contribution >= 4 is 29.9 Å². The summed E-state index contributed by atoms with van der Waals surface area (Å²) in [6.07, 6.45) is 3.45. The summed E-state index contributed by atoms with van der Waals surface area (Å²) in [5, 5.41) is 21.2. The number of aryl methyl sites for hydroxylation is 1. The van der Waals surface area contributed by atoms with E-state index in [-0.39, 0.29) is 35.2 Å². The zero-order valence-electron chi connectivity index (χ0n) is 17.2. The second-order valence-corrected chi connectivity index (χ2v) is 7.62. The summed E-state index contributed by atoms with van der Waals surface area (Å²) in [5.74, 6) is 0.377. The van der Waals surface area contributed by atoms with Crippen molar-refractivity contribution in [3.8, 4) is 0 Å². The summed E-state index contributed by atoms with van der Waals surface area (Å²) < 4.78 is 14.8. The Hall–Kier alpha value is -1.68. The number of aliphatic imine (C=N–C) groups is 1. The smallest absolute Gasteiger partial charge is 0.191 e. The Morgan fingerprint density at radius 3 is 2.36 bits per heavy atom. The highest BCUT2D eigenvalue weighted by atomic mass is 127. The average molecular weight is 503 g/mol. The van der Waals surface area contributed by atoms with Gasteiger partial charge in [0, 0.05) is 30.8 Å². The lowest BCUT2D eigenvalue weighted by molar-refractivity contribution is 0.0616. The van der Waals surface area contributed by atoms with Gasteiger partial charge in [-0.05, 0) is 31.5 Å². The van der Waals surface area contributed by atoms with Gasteiger partial charge in [0.25, 0.3) is 0 Å². The number of nitrogens with one attached hydrogen (secondary N) is 2. The number of aliphatic hydroxyl groups is 1. The molecule has 0 saturated carbocycles. The minimum atomic E-state index is -1.07. The van der Waals surface area contributed by atoms with Gasteiger partial charge >= 0.3 is 0 Å². The first-order chi connectivity index (χ1) is 12.6. The molecule has 1 aromatic carbocycles. The Bertz CT molecular complexity index is 771. The van der Waals surface area contributed by atoms with Crippen molar-refractivity contribution in [1.82, 2.24) is 20.4 Å². The first-order valence-corrected chi connectivity index (χ1v) is 9.14. The number of guanidine groups is 1. The van der Waals surface area contributed by atoms with Gasteiger partial charge in [0.15, 0.2) is 5.96 Å². The number of aromatic nitrogens is 2. The highest BCUT2D eigenvalue weighted by Crippen LogP contribution is 2.24. The summed E-state index contributed by atoms with van der Waals surface area (Å²) in [4.78, 5) is 4.65.